The van der Waals surface area contributed by atoms with Crippen molar-refractivity contribution in [2.75, 3.05) is 13.2 Å². The summed E-state index contributed by atoms with van der Waals surface area (Å²) < 4.78 is 7.13. The van der Waals surface area contributed by atoms with Gasteiger partial charge in [-0.15, -0.1) is 5.10 Å². The number of fused-ring (bicyclic) bond motifs is 1. The highest BCUT2D eigenvalue weighted by molar-refractivity contribution is 5.74. The lowest BCUT2D eigenvalue weighted by Gasteiger charge is -2.45. The number of hydrogen-bond donors (Lipinski definition) is 2. The van der Waals surface area contributed by atoms with E-state index in [9.17, 15) is 5.11 Å². The molecule has 90 valence electrons. The first-order valence-electron chi connectivity index (χ1n) is 5.49. The maximum absolute atomic E-state index is 9.49. The smallest absolute Gasteiger partial charge is 0.189 e. The van der Waals surface area contributed by atoms with Crippen LogP contribution in [0, 0.1) is 0 Å². The van der Waals surface area contributed by atoms with Gasteiger partial charge in [-0.25, -0.2) is 4.68 Å². The van der Waals surface area contributed by atoms with Crippen LogP contribution in [-0.2, 0) is 10.5 Å². The van der Waals surface area contributed by atoms with Crippen LogP contribution in [0.3, 0.4) is 0 Å². The van der Waals surface area contributed by atoms with Crippen molar-refractivity contribution in [1.29, 1.82) is 0 Å². The average Bonchev–Trinajstić information content (AvgIpc) is 2.74. The highest BCUT2D eigenvalue weighted by atomic mass is 16.6. The molecule has 0 aliphatic carbocycles. The monoisotopic (exact) mass is 235 g/mol. The molecule has 1 aliphatic rings. The third kappa shape index (κ3) is 1.45. The van der Waals surface area contributed by atoms with Gasteiger partial charge in [0.2, 0.25) is 0 Å². The number of aliphatic hydroxyl groups is 2. The molecule has 2 N–H and O–H groups in total. The molecule has 2 heterocycles. The third-order valence-corrected chi connectivity index (χ3v) is 3.12. The molecule has 0 saturated carbocycles. The van der Waals surface area contributed by atoms with E-state index in [0.29, 0.717) is 6.42 Å². The minimum absolute atomic E-state index is 0.0472. The van der Waals surface area contributed by atoms with Crippen LogP contribution in [0.4, 0.5) is 0 Å². The number of benzene rings is 1. The Kier molecular flexibility index (Phi) is 2.36. The predicted molar refractivity (Wildman–Crippen MR) is 59.2 cm³/mol. The summed E-state index contributed by atoms with van der Waals surface area (Å²) in [7, 11) is 0. The Morgan fingerprint density at radius 1 is 1.41 bits per heavy atom. The number of aromatic nitrogens is 3. The normalized spacial score (nSPS) is 28.2. The summed E-state index contributed by atoms with van der Waals surface area (Å²) in [6.07, 6.45) is 0.304. The largest absolute Gasteiger partial charge is 0.394 e. The van der Waals surface area contributed by atoms with Crippen LogP contribution in [-0.4, -0.2) is 44.5 Å². The molecule has 1 aromatic carbocycles. The van der Waals surface area contributed by atoms with Gasteiger partial charge in [-0.2, -0.15) is 0 Å². The molecule has 1 aliphatic heterocycles. The SMILES string of the molecule is OC[C@@H]1C[C@@](CO)(n2nnc3ccccc32)O1. The van der Waals surface area contributed by atoms with Gasteiger partial charge in [-0.05, 0) is 12.1 Å². The van der Waals surface area contributed by atoms with Crippen molar-refractivity contribution in [3.8, 4) is 0 Å². The number of para-hydroxylation sites is 1. The van der Waals surface area contributed by atoms with E-state index in [4.69, 9.17) is 9.84 Å². The molecule has 0 bridgehead atoms. The summed E-state index contributed by atoms with van der Waals surface area (Å²) in [6, 6.07) is 7.50. The lowest BCUT2D eigenvalue weighted by atomic mass is 9.99. The zero-order valence-corrected chi connectivity index (χ0v) is 9.15. The molecule has 3 rings (SSSR count). The second kappa shape index (κ2) is 3.76. The van der Waals surface area contributed by atoms with Gasteiger partial charge in [-0.3, -0.25) is 0 Å². The molecule has 0 radical (unpaired) electrons. The van der Waals surface area contributed by atoms with Crippen LogP contribution >= 0.6 is 0 Å². The van der Waals surface area contributed by atoms with Crippen LogP contribution in [0.2, 0.25) is 0 Å². The molecule has 17 heavy (non-hydrogen) atoms. The highest BCUT2D eigenvalue weighted by Crippen LogP contribution is 2.37. The van der Waals surface area contributed by atoms with Gasteiger partial charge in [0.1, 0.15) is 5.52 Å². The van der Waals surface area contributed by atoms with Gasteiger partial charge < -0.3 is 14.9 Å². The van der Waals surface area contributed by atoms with Crippen molar-refractivity contribution in [1.82, 2.24) is 15.0 Å². The number of rotatable bonds is 3. The Morgan fingerprint density at radius 3 is 2.88 bits per heavy atom. The van der Waals surface area contributed by atoms with Crippen LogP contribution in [0.1, 0.15) is 6.42 Å². The maximum Gasteiger partial charge on any atom is 0.189 e. The van der Waals surface area contributed by atoms with Crippen LogP contribution in [0.5, 0.6) is 0 Å². The van der Waals surface area contributed by atoms with E-state index in [0.717, 1.165) is 11.0 Å². The fourth-order valence-electron chi connectivity index (χ4n) is 2.23. The van der Waals surface area contributed by atoms with Crippen molar-refractivity contribution in [2.45, 2.75) is 18.2 Å². The summed E-state index contributed by atoms with van der Waals surface area (Å²) in [6.45, 7) is -0.231. The van der Waals surface area contributed by atoms with E-state index in [-0.39, 0.29) is 19.3 Å². The van der Waals surface area contributed by atoms with E-state index in [2.05, 4.69) is 10.3 Å². The summed E-state index contributed by atoms with van der Waals surface area (Å²) in [5.41, 5.74) is 0.707. The van der Waals surface area contributed by atoms with Gasteiger partial charge in [0.25, 0.3) is 0 Å². The van der Waals surface area contributed by atoms with Crippen LogP contribution < -0.4 is 0 Å². The van der Waals surface area contributed by atoms with E-state index >= 15 is 0 Å². The molecule has 6 nitrogen and oxygen atoms in total. The highest BCUT2D eigenvalue weighted by Gasteiger charge is 2.48. The van der Waals surface area contributed by atoms with Gasteiger partial charge in [0, 0.05) is 6.42 Å². The summed E-state index contributed by atoms with van der Waals surface area (Å²) in [5.74, 6) is 0. The van der Waals surface area contributed by atoms with Crippen molar-refractivity contribution in [3.63, 3.8) is 0 Å². The molecular weight excluding hydrogens is 222 g/mol. The minimum atomic E-state index is -0.872. The zero-order chi connectivity index (χ0) is 11.9. The number of ether oxygens (including phenoxy) is 1. The molecule has 2 atom stereocenters. The molecule has 6 heteroatoms. The Morgan fingerprint density at radius 2 is 2.18 bits per heavy atom. The van der Waals surface area contributed by atoms with E-state index < -0.39 is 5.72 Å². The molecule has 1 aromatic heterocycles. The first-order chi connectivity index (χ1) is 8.29. The molecule has 0 unspecified atom stereocenters. The standard InChI is InChI=1S/C11H13N3O3/c15-6-8-5-11(7-16,17-8)14-10-4-2-1-3-9(10)12-13-14/h1-4,8,15-16H,5-7H2/t8-,11+/m0/s1. The van der Waals surface area contributed by atoms with Crippen molar-refractivity contribution in [2.24, 2.45) is 0 Å². The lowest BCUT2D eigenvalue weighted by molar-refractivity contribution is -0.284. The average molecular weight is 235 g/mol. The molecule has 1 saturated heterocycles. The van der Waals surface area contributed by atoms with Crippen LogP contribution in [0.15, 0.2) is 24.3 Å². The quantitative estimate of drug-likeness (QED) is 0.773. The fourth-order valence-corrected chi connectivity index (χ4v) is 2.23. The Balaban J connectivity index is 2.03. The van der Waals surface area contributed by atoms with Crippen molar-refractivity contribution < 1.29 is 14.9 Å². The maximum atomic E-state index is 9.49. The molecule has 1 fully saturated rings. The second-order valence-corrected chi connectivity index (χ2v) is 4.22. The third-order valence-electron chi connectivity index (χ3n) is 3.12. The van der Waals surface area contributed by atoms with Crippen LogP contribution in [0.25, 0.3) is 11.0 Å². The van der Waals surface area contributed by atoms with Crippen molar-refractivity contribution in [3.05, 3.63) is 24.3 Å². The van der Waals surface area contributed by atoms with Gasteiger partial charge in [-0.1, -0.05) is 17.3 Å². The zero-order valence-electron chi connectivity index (χ0n) is 9.15. The Hall–Kier alpha value is -1.50. The van der Waals surface area contributed by atoms with E-state index in [1.54, 1.807) is 4.68 Å². The topological polar surface area (TPSA) is 80.4 Å². The van der Waals surface area contributed by atoms with Gasteiger partial charge >= 0.3 is 0 Å². The first kappa shape index (κ1) is 10.6. The van der Waals surface area contributed by atoms with Gasteiger partial charge in [0.05, 0.1) is 24.8 Å². The molecule has 2 aromatic rings. The molecular formula is C11H13N3O3. The number of hydrogen-bond acceptors (Lipinski definition) is 5. The first-order valence-corrected chi connectivity index (χ1v) is 5.49. The van der Waals surface area contributed by atoms with E-state index in [1.165, 1.54) is 0 Å². The summed E-state index contributed by atoms with van der Waals surface area (Å²) in [5, 5.41) is 26.5. The number of nitrogens with zero attached hydrogens (tertiary/aromatic N) is 3. The predicted octanol–water partition coefficient (Wildman–Crippen LogP) is -0.142. The van der Waals surface area contributed by atoms with Crippen molar-refractivity contribution >= 4 is 11.0 Å². The second-order valence-electron chi connectivity index (χ2n) is 4.22. The summed E-state index contributed by atoms with van der Waals surface area (Å²) in [4.78, 5) is 0. The Bertz CT molecular complexity index is 533. The van der Waals surface area contributed by atoms with E-state index in [1.807, 2.05) is 24.3 Å². The minimum Gasteiger partial charge on any atom is -0.394 e. The Labute approximate surface area is 97.4 Å². The molecule has 0 amide bonds. The number of aliphatic hydroxyl groups excluding tert-OH is 2. The fraction of sp³-hybridized carbons (Fsp3) is 0.455. The lowest BCUT2D eigenvalue weighted by Crippen LogP contribution is -2.56. The van der Waals surface area contributed by atoms with Gasteiger partial charge in [0.15, 0.2) is 5.72 Å². The summed E-state index contributed by atoms with van der Waals surface area (Å²) >= 11 is 0. The molecule has 0 spiro atoms.